The van der Waals surface area contributed by atoms with Gasteiger partial charge in [-0.15, -0.1) is 0 Å². The first-order valence-corrected chi connectivity index (χ1v) is 6.56. The molecule has 2 N–H and O–H groups in total. The second kappa shape index (κ2) is 5.33. The minimum absolute atomic E-state index is 0.160. The molecular weight excluding hydrogens is 218 g/mol. The van der Waals surface area contributed by atoms with Crippen molar-refractivity contribution >= 4 is 5.91 Å². The topological polar surface area (TPSA) is 55.8 Å². The molecule has 0 spiro atoms. The quantitative estimate of drug-likeness (QED) is 0.681. The first kappa shape index (κ1) is 12.8. The van der Waals surface area contributed by atoms with E-state index in [1.807, 2.05) is 0 Å². The van der Waals surface area contributed by atoms with Crippen LogP contribution in [0.1, 0.15) is 19.8 Å². The van der Waals surface area contributed by atoms with Gasteiger partial charge in [-0.1, -0.05) is 13.3 Å². The smallest absolute Gasteiger partial charge is 0.236 e. The molecule has 0 aromatic rings. The fourth-order valence-electron chi connectivity index (χ4n) is 2.62. The monoisotopic (exact) mass is 241 g/mol. The molecule has 2 heterocycles. The highest BCUT2D eigenvalue weighted by Gasteiger charge is 2.42. The van der Waals surface area contributed by atoms with Crippen molar-refractivity contribution in [1.82, 2.24) is 15.1 Å². The van der Waals surface area contributed by atoms with Gasteiger partial charge in [-0.3, -0.25) is 9.69 Å². The number of likely N-dealkylation sites (tertiary alicyclic amines) is 1. The van der Waals surface area contributed by atoms with E-state index < -0.39 is 5.60 Å². The van der Waals surface area contributed by atoms with Gasteiger partial charge in [0.1, 0.15) is 0 Å². The Bertz CT molecular complexity index is 271. The summed E-state index contributed by atoms with van der Waals surface area (Å²) in [7, 11) is 0. The van der Waals surface area contributed by atoms with E-state index in [-0.39, 0.29) is 5.91 Å². The summed E-state index contributed by atoms with van der Waals surface area (Å²) in [6.07, 6.45) is 1.76. The fraction of sp³-hybridized carbons (Fsp3) is 0.917. The highest BCUT2D eigenvalue weighted by molar-refractivity contribution is 5.79. The van der Waals surface area contributed by atoms with E-state index in [2.05, 4.69) is 17.1 Å². The average molecular weight is 241 g/mol. The van der Waals surface area contributed by atoms with E-state index in [0.29, 0.717) is 19.6 Å². The number of nitrogens with one attached hydrogen (secondary N) is 1. The SMILES string of the molecule is CCCC1(O)CN(C(=O)CN2CCNCC2)C1. The largest absolute Gasteiger partial charge is 0.386 e. The molecule has 0 aromatic heterocycles. The minimum Gasteiger partial charge on any atom is -0.386 e. The number of rotatable bonds is 4. The van der Waals surface area contributed by atoms with Crippen LogP contribution >= 0.6 is 0 Å². The first-order valence-electron chi connectivity index (χ1n) is 6.56. The lowest BCUT2D eigenvalue weighted by atomic mass is 9.89. The van der Waals surface area contributed by atoms with Crippen LogP contribution in [0.15, 0.2) is 0 Å². The van der Waals surface area contributed by atoms with E-state index in [1.165, 1.54) is 0 Å². The van der Waals surface area contributed by atoms with E-state index in [9.17, 15) is 9.90 Å². The van der Waals surface area contributed by atoms with Crippen LogP contribution in [-0.4, -0.2) is 72.2 Å². The molecule has 0 bridgehead atoms. The third-order valence-corrected chi connectivity index (χ3v) is 3.61. The molecule has 5 heteroatoms. The standard InChI is InChI=1S/C12H23N3O2/c1-2-3-12(17)9-15(10-12)11(16)8-14-6-4-13-5-7-14/h13,17H,2-10H2,1H3. The Hall–Kier alpha value is -0.650. The summed E-state index contributed by atoms with van der Waals surface area (Å²) in [6, 6.07) is 0. The molecule has 2 fully saturated rings. The van der Waals surface area contributed by atoms with Gasteiger partial charge in [0.2, 0.25) is 5.91 Å². The Labute approximate surface area is 103 Å². The summed E-state index contributed by atoms with van der Waals surface area (Å²) in [5, 5.41) is 13.3. The van der Waals surface area contributed by atoms with Gasteiger partial charge < -0.3 is 15.3 Å². The molecule has 2 aliphatic heterocycles. The van der Waals surface area contributed by atoms with Gasteiger partial charge in [-0.25, -0.2) is 0 Å². The van der Waals surface area contributed by atoms with Gasteiger partial charge in [0.25, 0.3) is 0 Å². The van der Waals surface area contributed by atoms with Crippen molar-refractivity contribution in [2.45, 2.75) is 25.4 Å². The van der Waals surface area contributed by atoms with Crippen LogP contribution < -0.4 is 5.32 Å². The van der Waals surface area contributed by atoms with Gasteiger partial charge in [-0.05, 0) is 6.42 Å². The number of nitrogens with zero attached hydrogens (tertiary/aromatic N) is 2. The number of β-amino-alcohol motifs (C(OH)–C–C–N with tert-alkyl or cyclic N) is 1. The van der Waals surface area contributed by atoms with Crippen molar-refractivity contribution < 1.29 is 9.90 Å². The normalized spacial score (nSPS) is 24.5. The molecule has 0 unspecified atom stereocenters. The van der Waals surface area contributed by atoms with Crippen molar-refractivity contribution in [3.63, 3.8) is 0 Å². The van der Waals surface area contributed by atoms with Gasteiger partial charge in [0, 0.05) is 26.2 Å². The first-order chi connectivity index (χ1) is 8.13. The lowest BCUT2D eigenvalue weighted by Gasteiger charge is -2.47. The van der Waals surface area contributed by atoms with Gasteiger partial charge >= 0.3 is 0 Å². The zero-order valence-electron chi connectivity index (χ0n) is 10.6. The Morgan fingerprint density at radius 1 is 1.35 bits per heavy atom. The van der Waals surface area contributed by atoms with Crippen LogP contribution in [0.25, 0.3) is 0 Å². The van der Waals surface area contributed by atoms with Gasteiger partial charge in [0.05, 0.1) is 25.2 Å². The van der Waals surface area contributed by atoms with Crippen LogP contribution in [0.3, 0.4) is 0 Å². The second-order valence-corrected chi connectivity index (χ2v) is 5.25. The molecule has 0 aliphatic carbocycles. The highest BCUT2D eigenvalue weighted by Crippen LogP contribution is 2.25. The number of amides is 1. The van der Waals surface area contributed by atoms with Gasteiger partial charge in [0.15, 0.2) is 0 Å². The maximum Gasteiger partial charge on any atom is 0.236 e. The average Bonchev–Trinajstić information content (AvgIpc) is 2.27. The molecule has 0 radical (unpaired) electrons. The van der Waals surface area contributed by atoms with Crippen LogP contribution in [0.4, 0.5) is 0 Å². The molecular formula is C12H23N3O2. The van der Waals surface area contributed by atoms with E-state index in [0.717, 1.165) is 39.0 Å². The minimum atomic E-state index is -0.603. The maximum atomic E-state index is 11.9. The van der Waals surface area contributed by atoms with Crippen LogP contribution in [0.5, 0.6) is 0 Å². The van der Waals surface area contributed by atoms with Crippen molar-refractivity contribution in [2.24, 2.45) is 0 Å². The molecule has 98 valence electrons. The third kappa shape index (κ3) is 3.18. The number of hydrogen-bond donors (Lipinski definition) is 2. The third-order valence-electron chi connectivity index (χ3n) is 3.61. The molecule has 5 nitrogen and oxygen atoms in total. The fourth-order valence-corrected chi connectivity index (χ4v) is 2.62. The highest BCUT2D eigenvalue weighted by atomic mass is 16.3. The molecule has 0 atom stereocenters. The molecule has 2 rings (SSSR count). The summed E-state index contributed by atoms with van der Waals surface area (Å²) in [5.41, 5.74) is -0.603. The number of piperazine rings is 1. The van der Waals surface area contributed by atoms with Crippen molar-refractivity contribution in [2.75, 3.05) is 45.8 Å². The number of carbonyl (C=O) groups excluding carboxylic acids is 1. The van der Waals surface area contributed by atoms with Crippen LogP contribution in [0, 0.1) is 0 Å². The number of hydrogen-bond acceptors (Lipinski definition) is 4. The predicted molar refractivity (Wildman–Crippen MR) is 65.7 cm³/mol. The Kier molecular flexibility index (Phi) is 4.01. The summed E-state index contributed by atoms with van der Waals surface area (Å²) >= 11 is 0. The van der Waals surface area contributed by atoms with Crippen molar-refractivity contribution in [3.05, 3.63) is 0 Å². The van der Waals surface area contributed by atoms with Crippen LogP contribution in [0.2, 0.25) is 0 Å². The van der Waals surface area contributed by atoms with Crippen molar-refractivity contribution in [1.29, 1.82) is 0 Å². The maximum absolute atomic E-state index is 11.9. The summed E-state index contributed by atoms with van der Waals surface area (Å²) in [5.74, 6) is 0.160. The van der Waals surface area contributed by atoms with Crippen LogP contribution in [-0.2, 0) is 4.79 Å². The van der Waals surface area contributed by atoms with Crippen molar-refractivity contribution in [3.8, 4) is 0 Å². The number of aliphatic hydroxyl groups is 1. The van der Waals surface area contributed by atoms with E-state index >= 15 is 0 Å². The molecule has 0 aromatic carbocycles. The predicted octanol–water partition coefficient (Wildman–Crippen LogP) is -0.735. The zero-order chi connectivity index (χ0) is 12.3. The molecule has 2 aliphatic rings. The molecule has 17 heavy (non-hydrogen) atoms. The lowest BCUT2D eigenvalue weighted by molar-refractivity contribution is -0.157. The molecule has 2 saturated heterocycles. The summed E-state index contributed by atoms with van der Waals surface area (Å²) in [4.78, 5) is 15.9. The summed E-state index contributed by atoms with van der Waals surface area (Å²) in [6.45, 7) is 7.42. The molecule has 1 amide bonds. The lowest BCUT2D eigenvalue weighted by Crippen LogP contribution is -2.65. The van der Waals surface area contributed by atoms with Gasteiger partial charge in [-0.2, -0.15) is 0 Å². The second-order valence-electron chi connectivity index (χ2n) is 5.25. The summed E-state index contributed by atoms with van der Waals surface area (Å²) < 4.78 is 0. The van der Waals surface area contributed by atoms with E-state index in [4.69, 9.17) is 0 Å². The Balaban J connectivity index is 1.71. The van der Waals surface area contributed by atoms with E-state index in [1.54, 1.807) is 4.90 Å². The number of carbonyl (C=O) groups is 1. The Morgan fingerprint density at radius 3 is 2.59 bits per heavy atom. The molecule has 0 saturated carbocycles. The zero-order valence-corrected chi connectivity index (χ0v) is 10.6. The Morgan fingerprint density at radius 2 is 2.00 bits per heavy atom.